The van der Waals surface area contributed by atoms with Gasteiger partial charge in [0.2, 0.25) is 12.7 Å². The van der Waals surface area contributed by atoms with E-state index in [2.05, 4.69) is 5.32 Å². The molecule has 0 saturated carbocycles. The van der Waals surface area contributed by atoms with E-state index in [0.29, 0.717) is 6.54 Å². The van der Waals surface area contributed by atoms with Crippen LogP contribution in [0.1, 0.15) is 12.5 Å². The first kappa shape index (κ1) is 10.8. The third kappa shape index (κ3) is 2.09. The molecular formula is C11H14N2O3. The maximum absolute atomic E-state index is 10.9. The van der Waals surface area contributed by atoms with E-state index in [1.807, 2.05) is 18.2 Å². The number of primary amides is 1. The Hall–Kier alpha value is -1.75. The van der Waals surface area contributed by atoms with E-state index in [-0.39, 0.29) is 18.7 Å². The minimum atomic E-state index is -0.371. The zero-order valence-corrected chi connectivity index (χ0v) is 9.03. The van der Waals surface area contributed by atoms with Crippen molar-refractivity contribution in [3.8, 4) is 11.5 Å². The van der Waals surface area contributed by atoms with E-state index in [1.165, 1.54) is 0 Å². The molecule has 1 amide bonds. The Morgan fingerprint density at radius 2 is 2.38 bits per heavy atom. The fraction of sp³-hybridized carbons (Fsp3) is 0.364. The highest BCUT2D eigenvalue weighted by molar-refractivity contribution is 5.79. The molecule has 0 aliphatic carbocycles. The van der Waals surface area contributed by atoms with Crippen molar-refractivity contribution in [2.24, 2.45) is 5.73 Å². The van der Waals surface area contributed by atoms with E-state index in [4.69, 9.17) is 15.2 Å². The Kier molecular flexibility index (Phi) is 2.96. The third-order valence-electron chi connectivity index (χ3n) is 2.50. The predicted molar refractivity (Wildman–Crippen MR) is 58.1 cm³/mol. The molecule has 16 heavy (non-hydrogen) atoms. The first-order valence-electron chi connectivity index (χ1n) is 5.08. The minimum Gasteiger partial charge on any atom is -0.454 e. The van der Waals surface area contributed by atoms with Crippen LogP contribution in [0, 0.1) is 0 Å². The van der Waals surface area contributed by atoms with Gasteiger partial charge in [0, 0.05) is 12.1 Å². The van der Waals surface area contributed by atoms with Gasteiger partial charge >= 0.3 is 0 Å². The number of hydrogen-bond donors (Lipinski definition) is 2. The van der Waals surface area contributed by atoms with Gasteiger partial charge in [-0.25, -0.2) is 0 Å². The number of carbonyl (C=O) groups is 1. The fourth-order valence-corrected chi connectivity index (χ4v) is 1.49. The van der Waals surface area contributed by atoms with Crippen molar-refractivity contribution >= 4 is 5.91 Å². The van der Waals surface area contributed by atoms with E-state index >= 15 is 0 Å². The van der Waals surface area contributed by atoms with Crippen molar-refractivity contribution in [3.63, 3.8) is 0 Å². The molecule has 1 aliphatic rings. The highest BCUT2D eigenvalue weighted by Crippen LogP contribution is 2.35. The smallest absolute Gasteiger partial charge is 0.234 e. The lowest BCUT2D eigenvalue weighted by atomic mass is 10.1. The summed E-state index contributed by atoms with van der Waals surface area (Å²) in [7, 11) is 0. The summed E-state index contributed by atoms with van der Waals surface area (Å²) in [5, 5.41) is 3.02. The van der Waals surface area contributed by atoms with Gasteiger partial charge < -0.3 is 20.5 Å². The number of nitrogens with two attached hydrogens (primary N) is 1. The molecule has 5 nitrogen and oxygen atoms in total. The van der Waals surface area contributed by atoms with Crippen molar-refractivity contribution in [1.82, 2.24) is 5.32 Å². The monoisotopic (exact) mass is 222 g/mol. The number of carbonyl (C=O) groups excluding carboxylic acids is 1. The fourth-order valence-electron chi connectivity index (χ4n) is 1.49. The highest BCUT2D eigenvalue weighted by Gasteiger charge is 2.17. The molecule has 0 bridgehead atoms. The summed E-state index contributed by atoms with van der Waals surface area (Å²) >= 11 is 0. The molecule has 1 aromatic rings. The second-order valence-corrected chi connectivity index (χ2v) is 3.66. The Labute approximate surface area is 93.5 Å². The van der Waals surface area contributed by atoms with Crippen LogP contribution in [0.25, 0.3) is 0 Å². The standard InChI is InChI=1S/C11H14N2O3/c1-7(11(12)14)13-5-8-3-2-4-9-10(8)16-6-15-9/h2-4,7,13H,5-6H2,1H3,(H2,12,14). The first-order valence-corrected chi connectivity index (χ1v) is 5.08. The van der Waals surface area contributed by atoms with Crippen LogP contribution in [0.15, 0.2) is 18.2 Å². The largest absolute Gasteiger partial charge is 0.454 e. The maximum Gasteiger partial charge on any atom is 0.234 e. The van der Waals surface area contributed by atoms with Gasteiger partial charge in [-0.2, -0.15) is 0 Å². The summed E-state index contributed by atoms with van der Waals surface area (Å²) in [4.78, 5) is 10.9. The summed E-state index contributed by atoms with van der Waals surface area (Å²) in [5.74, 6) is 1.11. The Balaban J connectivity index is 2.05. The molecular weight excluding hydrogens is 208 g/mol. The number of rotatable bonds is 4. The number of nitrogens with one attached hydrogen (secondary N) is 1. The zero-order valence-electron chi connectivity index (χ0n) is 9.03. The van der Waals surface area contributed by atoms with Crippen molar-refractivity contribution in [2.45, 2.75) is 19.5 Å². The lowest BCUT2D eigenvalue weighted by molar-refractivity contribution is -0.119. The van der Waals surface area contributed by atoms with Crippen LogP contribution in [0.3, 0.4) is 0 Å². The molecule has 3 N–H and O–H groups in total. The molecule has 2 rings (SSSR count). The number of benzene rings is 1. The second-order valence-electron chi connectivity index (χ2n) is 3.66. The van der Waals surface area contributed by atoms with Crippen LogP contribution >= 0.6 is 0 Å². The molecule has 0 fully saturated rings. The second kappa shape index (κ2) is 4.40. The molecule has 0 radical (unpaired) electrons. The van der Waals surface area contributed by atoms with E-state index in [0.717, 1.165) is 17.1 Å². The molecule has 1 heterocycles. The van der Waals surface area contributed by atoms with Gasteiger partial charge in [0.05, 0.1) is 6.04 Å². The van der Waals surface area contributed by atoms with Crippen LogP contribution in [0.4, 0.5) is 0 Å². The van der Waals surface area contributed by atoms with Crippen molar-refractivity contribution < 1.29 is 14.3 Å². The third-order valence-corrected chi connectivity index (χ3v) is 2.50. The lowest BCUT2D eigenvalue weighted by Crippen LogP contribution is -2.38. The molecule has 1 atom stereocenters. The van der Waals surface area contributed by atoms with E-state index in [1.54, 1.807) is 6.92 Å². The number of fused-ring (bicyclic) bond motifs is 1. The quantitative estimate of drug-likeness (QED) is 0.772. The van der Waals surface area contributed by atoms with Gasteiger partial charge in [-0.3, -0.25) is 4.79 Å². The Morgan fingerprint density at radius 1 is 1.56 bits per heavy atom. The van der Waals surface area contributed by atoms with Crippen molar-refractivity contribution in [2.75, 3.05) is 6.79 Å². The maximum atomic E-state index is 10.9. The molecule has 1 unspecified atom stereocenters. The highest BCUT2D eigenvalue weighted by atomic mass is 16.7. The molecule has 0 saturated heterocycles. The Bertz CT molecular complexity index is 406. The van der Waals surface area contributed by atoms with E-state index < -0.39 is 0 Å². The van der Waals surface area contributed by atoms with Gasteiger partial charge in [0.1, 0.15) is 0 Å². The topological polar surface area (TPSA) is 73.6 Å². The van der Waals surface area contributed by atoms with Gasteiger partial charge in [-0.15, -0.1) is 0 Å². The van der Waals surface area contributed by atoms with Gasteiger partial charge in [-0.05, 0) is 13.0 Å². The molecule has 1 aromatic carbocycles. The summed E-state index contributed by atoms with van der Waals surface area (Å²) in [6.07, 6.45) is 0. The lowest BCUT2D eigenvalue weighted by Gasteiger charge is -2.11. The van der Waals surface area contributed by atoms with Crippen LogP contribution in [-0.4, -0.2) is 18.7 Å². The van der Waals surface area contributed by atoms with Crippen molar-refractivity contribution in [1.29, 1.82) is 0 Å². The molecule has 5 heteroatoms. The summed E-state index contributed by atoms with van der Waals surface area (Å²) < 4.78 is 10.6. The number of amides is 1. The van der Waals surface area contributed by atoms with Crippen LogP contribution < -0.4 is 20.5 Å². The summed E-state index contributed by atoms with van der Waals surface area (Å²) in [6, 6.07) is 5.30. The predicted octanol–water partition coefficient (Wildman–Crippen LogP) is 0.379. The Morgan fingerprint density at radius 3 is 3.12 bits per heavy atom. The molecule has 0 spiro atoms. The number of para-hydroxylation sites is 1. The average molecular weight is 222 g/mol. The number of hydrogen-bond acceptors (Lipinski definition) is 4. The molecule has 1 aliphatic heterocycles. The summed E-state index contributed by atoms with van der Waals surface area (Å²) in [5.41, 5.74) is 6.12. The van der Waals surface area contributed by atoms with Crippen molar-refractivity contribution in [3.05, 3.63) is 23.8 Å². The van der Waals surface area contributed by atoms with E-state index in [9.17, 15) is 4.79 Å². The minimum absolute atomic E-state index is 0.248. The summed E-state index contributed by atoms with van der Waals surface area (Å²) in [6.45, 7) is 2.50. The zero-order chi connectivity index (χ0) is 11.5. The van der Waals surface area contributed by atoms with Gasteiger partial charge in [-0.1, -0.05) is 12.1 Å². The van der Waals surface area contributed by atoms with Gasteiger partial charge in [0.15, 0.2) is 11.5 Å². The molecule has 0 aromatic heterocycles. The van der Waals surface area contributed by atoms with Gasteiger partial charge in [0.25, 0.3) is 0 Å². The number of ether oxygens (including phenoxy) is 2. The SMILES string of the molecule is CC(NCc1cccc2c1OCO2)C(N)=O. The normalized spacial score (nSPS) is 14.8. The van der Waals surface area contributed by atoms with Crippen LogP contribution in [0.5, 0.6) is 11.5 Å². The molecule has 86 valence electrons. The first-order chi connectivity index (χ1) is 7.68. The van der Waals surface area contributed by atoms with Crippen LogP contribution in [-0.2, 0) is 11.3 Å². The average Bonchev–Trinajstić information content (AvgIpc) is 2.73. The van der Waals surface area contributed by atoms with Crippen LogP contribution in [0.2, 0.25) is 0 Å².